The number of hydrogen-bond donors (Lipinski definition) is 1. The van der Waals surface area contributed by atoms with E-state index in [1.54, 1.807) is 0 Å². The van der Waals surface area contributed by atoms with E-state index in [1.165, 1.54) is 0 Å². The molecule has 2 saturated heterocycles. The van der Waals surface area contributed by atoms with Crippen molar-refractivity contribution >= 4 is 11.8 Å². The molecular weight excluding hydrogens is 268 g/mol. The summed E-state index contributed by atoms with van der Waals surface area (Å²) >= 11 is 0. The fraction of sp³-hybridized carbons (Fsp3) is 0.867. The summed E-state index contributed by atoms with van der Waals surface area (Å²) in [5.41, 5.74) is 5.39. The third kappa shape index (κ3) is 3.74. The average molecular weight is 296 g/mol. The van der Waals surface area contributed by atoms with Crippen LogP contribution in [-0.4, -0.2) is 78.4 Å². The minimum Gasteiger partial charge on any atom is -0.369 e. The molecule has 2 aliphatic heterocycles. The van der Waals surface area contributed by atoms with E-state index in [1.807, 2.05) is 11.8 Å². The van der Waals surface area contributed by atoms with Crippen molar-refractivity contribution in [2.45, 2.75) is 38.8 Å². The van der Waals surface area contributed by atoms with Crippen molar-refractivity contribution in [3.63, 3.8) is 0 Å². The number of piperazine rings is 1. The van der Waals surface area contributed by atoms with Crippen molar-refractivity contribution in [3.05, 3.63) is 0 Å². The van der Waals surface area contributed by atoms with Crippen LogP contribution < -0.4 is 5.73 Å². The van der Waals surface area contributed by atoms with Gasteiger partial charge in [0.2, 0.25) is 11.8 Å². The number of likely N-dealkylation sites (N-methyl/N-ethyl adjacent to an activating group) is 1. The van der Waals surface area contributed by atoms with Crippen LogP contribution in [0.3, 0.4) is 0 Å². The van der Waals surface area contributed by atoms with Gasteiger partial charge in [-0.3, -0.25) is 14.5 Å². The Balaban J connectivity index is 1.97. The molecule has 2 rings (SSSR count). The SMILES string of the molecule is C[C@@H]1CN(C)CCN1[C@H](C)C(=O)N1CCC[C@@H](C(N)=O)C1. The molecule has 0 spiro atoms. The highest BCUT2D eigenvalue weighted by molar-refractivity contribution is 5.83. The molecule has 2 N–H and O–H groups in total. The van der Waals surface area contributed by atoms with Crippen LogP contribution in [-0.2, 0) is 9.59 Å². The van der Waals surface area contributed by atoms with Crippen molar-refractivity contribution in [1.29, 1.82) is 0 Å². The fourth-order valence-corrected chi connectivity index (χ4v) is 3.54. The second-order valence-corrected chi connectivity index (χ2v) is 6.55. The molecular formula is C15H28N4O2. The Bertz CT molecular complexity index is 401. The van der Waals surface area contributed by atoms with Gasteiger partial charge in [-0.1, -0.05) is 0 Å². The molecule has 0 unspecified atom stereocenters. The van der Waals surface area contributed by atoms with E-state index < -0.39 is 0 Å². The first-order valence-corrected chi connectivity index (χ1v) is 7.92. The van der Waals surface area contributed by atoms with Gasteiger partial charge in [0.25, 0.3) is 0 Å². The number of nitrogens with two attached hydrogens (primary N) is 1. The van der Waals surface area contributed by atoms with Gasteiger partial charge in [0.1, 0.15) is 0 Å². The first-order valence-electron chi connectivity index (χ1n) is 7.92. The molecule has 0 aromatic carbocycles. The van der Waals surface area contributed by atoms with Gasteiger partial charge in [-0.15, -0.1) is 0 Å². The summed E-state index contributed by atoms with van der Waals surface area (Å²) in [6, 6.07) is 0.250. The Labute approximate surface area is 127 Å². The van der Waals surface area contributed by atoms with E-state index in [2.05, 4.69) is 23.8 Å². The Morgan fingerprint density at radius 3 is 2.52 bits per heavy atom. The first kappa shape index (κ1) is 16.2. The maximum Gasteiger partial charge on any atom is 0.239 e. The Hall–Kier alpha value is -1.14. The van der Waals surface area contributed by atoms with Gasteiger partial charge in [0.05, 0.1) is 12.0 Å². The van der Waals surface area contributed by atoms with Crippen molar-refractivity contribution in [2.75, 3.05) is 39.8 Å². The third-order valence-electron chi connectivity index (χ3n) is 4.87. The van der Waals surface area contributed by atoms with Crippen molar-refractivity contribution in [2.24, 2.45) is 11.7 Å². The predicted molar refractivity (Wildman–Crippen MR) is 81.6 cm³/mol. The summed E-state index contributed by atoms with van der Waals surface area (Å²) in [4.78, 5) is 30.5. The van der Waals surface area contributed by atoms with Gasteiger partial charge in [0, 0.05) is 38.8 Å². The average Bonchev–Trinajstić information content (AvgIpc) is 2.46. The van der Waals surface area contributed by atoms with Crippen molar-refractivity contribution in [1.82, 2.24) is 14.7 Å². The highest BCUT2D eigenvalue weighted by atomic mass is 16.2. The second-order valence-electron chi connectivity index (χ2n) is 6.55. The monoisotopic (exact) mass is 296 g/mol. The minimum atomic E-state index is -0.284. The molecule has 2 heterocycles. The molecule has 0 bridgehead atoms. The minimum absolute atomic E-state index is 0.125. The molecule has 0 aromatic rings. The largest absolute Gasteiger partial charge is 0.369 e. The lowest BCUT2D eigenvalue weighted by molar-refractivity contribution is -0.141. The van der Waals surface area contributed by atoms with E-state index in [-0.39, 0.29) is 23.8 Å². The number of nitrogens with zero attached hydrogens (tertiary/aromatic N) is 3. The molecule has 2 amide bonds. The normalized spacial score (nSPS) is 30.1. The summed E-state index contributed by atoms with van der Waals surface area (Å²) in [6.45, 7) is 8.28. The molecule has 3 atom stereocenters. The van der Waals surface area contributed by atoms with Crippen LogP contribution in [0.25, 0.3) is 0 Å². The van der Waals surface area contributed by atoms with Crippen LogP contribution in [0.2, 0.25) is 0 Å². The van der Waals surface area contributed by atoms with Crippen LogP contribution in [0.1, 0.15) is 26.7 Å². The summed E-state index contributed by atoms with van der Waals surface area (Å²) in [5, 5.41) is 0. The maximum atomic E-state index is 12.7. The third-order valence-corrected chi connectivity index (χ3v) is 4.87. The Morgan fingerprint density at radius 2 is 1.90 bits per heavy atom. The first-order chi connectivity index (χ1) is 9.90. The number of likely N-dealkylation sites (tertiary alicyclic amines) is 1. The zero-order chi connectivity index (χ0) is 15.6. The number of rotatable bonds is 3. The quantitative estimate of drug-likeness (QED) is 0.779. The van der Waals surface area contributed by atoms with Crippen LogP contribution in [0.4, 0.5) is 0 Å². The smallest absolute Gasteiger partial charge is 0.239 e. The number of primary amides is 1. The number of carbonyl (C=O) groups excluding carboxylic acids is 2. The van der Waals surface area contributed by atoms with Crippen molar-refractivity contribution in [3.8, 4) is 0 Å². The summed E-state index contributed by atoms with van der Waals surface area (Å²) in [7, 11) is 2.11. The molecule has 6 nitrogen and oxygen atoms in total. The Morgan fingerprint density at radius 1 is 1.19 bits per heavy atom. The van der Waals surface area contributed by atoms with Gasteiger partial charge in [0.15, 0.2) is 0 Å². The number of piperidine rings is 1. The van der Waals surface area contributed by atoms with Gasteiger partial charge in [-0.05, 0) is 33.7 Å². The second kappa shape index (κ2) is 6.75. The summed E-state index contributed by atoms with van der Waals surface area (Å²) in [6.07, 6.45) is 1.67. The lowest BCUT2D eigenvalue weighted by Gasteiger charge is -2.43. The van der Waals surface area contributed by atoms with E-state index in [9.17, 15) is 9.59 Å². The maximum absolute atomic E-state index is 12.7. The molecule has 2 fully saturated rings. The number of hydrogen-bond acceptors (Lipinski definition) is 4. The molecule has 0 radical (unpaired) electrons. The van der Waals surface area contributed by atoms with Crippen LogP contribution >= 0.6 is 0 Å². The Kier molecular flexibility index (Phi) is 5.22. The van der Waals surface area contributed by atoms with Gasteiger partial charge in [-0.2, -0.15) is 0 Å². The zero-order valence-electron chi connectivity index (χ0n) is 13.4. The lowest BCUT2D eigenvalue weighted by Crippen LogP contribution is -2.58. The standard InChI is InChI=1S/C15H28N4O2/c1-11-9-17(3)7-8-19(11)12(2)15(21)18-6-4-5-13(10-18)14(16)20/h11-13H,4-10H2,1-3H3,(H2,16,20)/t11-,12-,13-/m1/s1. The van der Waals surface area contributed by atoms with E-state index in [4.69, 9.17) is 5.73 Å². The van der Waals surface area contributed by atoms with Gasteiger partial charge >= 0.3 is 0 Å². The molecule has 0 aliphatic carbocycles. The van der Waals surface area contributed by atoms with Crippen LogP contribution in [0, 0.1) is 5.92 Å². The van der Waals surface area contributed by atoms with Crippen LogP contribution in [0.15, 0.2) is 0 Å². The molecule has 0 aromatic heterocycles. The number of carbonyl (C=O) groups is 2. The highest BCUT2D eigenvalue weighted by Crippen LogP contribution is 2.19. The molecule has 21 heavy (non-hydrogen) atoms. The highest BCUT2D eigenvalue weighted by Gasteiger charge is 2.34. The summed E-state index contributed by atoms with van der Waals surface area (Å²) in [5.74, 6) is -0.328. The zero-order valence-corrected chi connectivity index (χ0v) is 13.4. The van der Waals surface area contributed by atoms with Gasteiger partial charge in [-0.25, -0.2) is 0 Å². The number of amides is 2. The topological polar surface area (TPSA) is 69.9 Å². The lowest BCUT2D eigenvalue weighted by atomic mass is 9.96. The summed E-state index contributed by atoms with van der Waals surface area (Å²) < 4.78 is 0. The molecule has 2 aliphatic rings. The predicted octanol–water partition coefficient (Wildman–Crippen LogP) is -0.265. The van der Waals surface area contributed by atoms with Crippen molar-refractivity contribution < 1.29 is 9.59 Å². The van der Waals surface area contributed by atoms with E-state index in [0.29, 0.717) is 12.6 Å². The molecule has 120 valence electrons. The van der Waals surface area contributed by atoms with E-state index in [0.717, 1.165) is 39.0 Å². The van der Waals surface area contributed by atoms with Crippen LogP contribution in [0.5, 0.6) is 0 Å². The fourth-order valence-electron chi connectivity index (χ4n) is 3.54. The van der Waals surface area contributed by atoms with E-state index >= 15 is 0 Å². The molecule has 0 saturated carbocycles. The van der Waals surface area contributed by atoms with Gasteiger partial charge < -0.3 is 15.5 Å². The molecule has 6 heteroatoms.